The summed E-state index contributed by atoms with van der Waals surface area (Å²) in [4.78, 5) is 10.6. The van der Waals surface area contributed by atoms with Crippen molar-refractivity contribution in [2.75, 3.05) is 6.54 Å². The van der Waals surface area contributed by atoms with Gasteiger partial charge >= 0.3 is 0 Å². The summed E-state index contributed by atoms with van der Waals surface area (Å²) in [6.07, 6.45) is 7.10. The summed E-state index contributed by atoms with van der Waals surface area (Å²) in [5.74, 6) is -1.03. The van der Waals surface area contributed by atoms with Crippen molar-refractivity contribution >= 4 is 0 Å². The number of hydrogen-bond donors (Lipinski definition) is 0. The number of halogens is 2. The standard InChI is InChI=1S/C15H15F2N3/c16-12-4-3-11(13(17)8-12)10-20-7-1-2-15(20)14-9-18-5-6-19-14/h3-6,8-9,15H,1-2,7,10H2. The lowest BCUT2D eigenvalue weighted by Crippen LogP contribution is -2.24. The average molecular weight is 275 g/mol. The fourth-order valence-electron chi connectivity index (χ4n) is 2.70. The Morgan fingerprint density at radius 3 is 2.90 bits per heavy atom. The molecule has 0 amide bonds. The Kier molecular flexibility index (Phi) is 3.69. The van der Waals surface area contributed by atoms with Gasteiger partial charge in [-0.25, -0.2) is 8.78 Å². The van der Waals surface area contributed by atoms with Crippen LogP contribution in [0.3, 0.4) is 0 Å². The van der Waals surface area contributed by atoms with Crippen LogP contribution in [0, 0.1) is 11.6 Å². The van der Waals surface area contributed by atoms with Gasteiger partial charge in [0.25, 0.3) is 0 Å². The zero-order valence-electron chi connectivity index (χ0n) is 11.0. The molecule has 0 aliphatic carbocycles. The molecule has 1 unspecified atom stereocenters. The minimum absolute atomic E-state index is 0.160. The lowest BCUT2D eigenvalue weighted by molar-refractivity contribution is 0.240. The minimum atomic E-state index is -0.543. The normalized spacial score (nSPS) is 19.4. The molecule has 1 fully saturated rings. The van der Waals surface area contributed by atoms with Crippen molar-refractivity contribution in [3.05, 3.63) is 59.7 Å². The van der Waals surface area contributed by atoms with Crippen LogP contribution in [-0.4, -0.2) is 21.4 Å². The summed E-state index contributed by atoms with van der Waals surface area (Å²) >= 11 is 0. The third-order valence-corrected chi connectivity index (χ3v) is 3.68. The monoisotopic (exact) mass is 275 g/mol. The first-order valence-corrected chi connectivity index (χ1v) is 6.68. The van der Waals surface area contributed by atoms with Crippen molar-refractivity contribution in [1.82, 2.24) is 14.9 Å². The van der Waals surface area contributed by atoms with Gasteiger partial charge in [-0.2, -0.15) is 0 Å². The molecule has 0 radical (unpaired) electrons. The Hall–Kier alpha value is -1.88. The maximum atomic E-state index is 13.7. The van der Waals surface area contributed by atoms with E-state index in [1.165, 1.54) is 12.1 Å². The van der Waals surface area contributed by atoms with Gasteiger partial charge in [-0.05, 0) is 25.5 Å². The van der Waals surface area contributed by atoms with Crippen molar-refractivity contribution in [2.45, 2.75) is 25.4 Å². The highest BCUT2D eigenvalue weighted by Crippen LogP contribution is 2.31. The van der Waals surface area contributed by atoms with Gasteiger partial charge in [-0.15, -0.1) is 0 Å². The molecule has 1 atom stereocenters. The van der Waals surface area contributed by atoms with Crippen LogP contribution in [0.15, 0.2) is 36.8 Å². The number of rotatable bonds is 3. The summed E-state index contributed by atoms with van der Waals surface area (Å²) in [6, 6.07) is 3.90. The molecule has 3 rings (SSSR count). The Morgan fingerprint density at radius 1 is 1.25 bits per heavy atom. The molecule has 0 spiro atoms. The molecule has 1 aliphatic rings. The summed E-state index contributed by atoms with van der Waals surface area (Å²) in [6.45, 7) is 1.35. The molecule has 1 saturated heterocycles. The van der Waals surface area contributed by atoms with Crippen molar-refractivity contribution in [2.24, 2.45) is 0 Å². The number of aromatic nitrogens is 2. The highest BCUT2D eigenvalue weighted by atomic mass is 19.1. The Labute approximate surface area is 116 Å². The lowest BCUT2D eigenvalue weighted by Gasteiger charge is -2.23. The van der Waals surface area contributed by atoms with Crippen LogP contribution >= 0.6 is 0 Å². The van der Waals surface area contributed by atoms with Crippen LogP contribution in [-0.2, 0) is 6.54 Å². The van der Waals surface area contributed by atoms with Crippen LogP contribution < -0.4 is 0 Å². The maximum absolute atomic E-state index is 13.7. The Morgan fingerprint density at radius 2 is 2.15 bits per heavy atom. The molecular weight excluding hydrogens is 260 g/mol. The predicted octanol–water partition coefficient (Wildman–Crippen LogP) is 3.09. The highest BCUT2D eigenvalue weighted by molar-refractivity contribution is 5.19. The zero-order valence-corrected chi connectivity index (χ0v) is 11.0. The van der Waals surface area contributed by atoms with Crippen LogP contribution in [0.4, 0.5) is 8.78 Å². The average Bonchev–Trinajstić information content (AvgIpc) is 2.91. The van der Waals surface area contributed by atoms with E-state index in [-0.39, 0.29) is 6.04 Å². The summed E-state index contributed by atoms with van der Waals surface area (Å²) in [5, 5.41) is 0. The highest BCUT2D eigenvalue weighted by Gasteiger charge is 2.27. The van der Waals surface area contributed by atoms with Gasteiger partial charge in [0.05, 0.1) is 11.7 Å². The fourth-order valence-corrected chi connectivity index (χ4v) is 2.70. The van der Waals surface area contributed by atoms with E-state index < -0.39 is 11.6 Å². The van der Waals surface area contributed by atoms with Crippen molar-refractivity contribution < 1.29 is 8.78 Å². The van der Waals surface area contributed by atoms with Crippen LogP contribution in [0.2, 0.25) is 0 Å². The Bertz CT molecular complexity index is 589. The first-order valence-electron chi connectivity index (χ1n) is 6.68. The Balaban J connectivity index is 1.79. The summed E-state index contributed by atoms with van der Waals surface area (Å²) < 4.78 is 26.7. The molecule has 3 nitrogen and oxygen atoms in total. The van der Waals surface area contributed by atoms with Crippen LogP contribution in [0.1, 0.15) is 30.1 Å². The molecule has 1 aromatic carbocycles. The van der Waals surface area contributed by atoms with Gasteiger partial charge in [-0.1, -0.05) is 6.07 Å². The van der Waals surface area contributed by atoms with E-state index >= 15 is 0 Å². The zero-order chi connectivity index (χ0) is 13.9. The molecule has 104 valence electrons. The topological polar surface area (TPSA) is 29.0 Å². The molecule has 5 heteroatoms. The van der Waals surface area contributed by atoms with Gasteiger partial charge in [-0.3, -0.25) is 14.9 Å². The lowest BCUT2D eigenvalue weighted by atomic mass is 10.1. The first-order chi connectivity index (χ1) is 9.74. The predicted molar refractivity (Wildman–Crippen MR) is 70.8 cm³/mol. The number of nitrogens with zero attached hydrogens (tertiary/aromatic N) is 3. The van der Waals surface area contributed by atoms with Gasteiger partial charge in [0, 0.05) is 36.8 Å². The molecule has 1 aromatic heterocycles. The molecule has 2 heterocycles. The largest absolute Gasteiger partial charge is 0.290 e. The molecule has 1 aliphatic heterocycles. The molecule has 0 N–H and O–H groups in total. The van der Waals surface area contributed by atoms with Gasteiger partial charge in [0.2, 0.25) is 0 Å². The van der Waals surface area contributed by atoms with E-state index in [2.05, 4.69) is 14.9 Å². The second kappa shape index (κ2) is 5.63. The summed E-state index contributed by atoms with van der Waals surface area (Å²) in [7, 11) is 0. The third kappa shape index (κ3) is 2.67. The van der Waals surface area contributed by atoms with E-state index in [4.69, 9.17) is 0 Å². The van der Waals surface area contributed by atoms with Gasteiger partial charge in [0.15, 0.2) is 0 Å². The molecule has 2 aromatic rings. The van der Waals surface area contributed by atoms with Crippen molar-refractivity contribution in [3.8, 4) is 0 Å². The number of benzene rings is 1. The van der Waals surface area contributed by atoms with E-state index in [0.717, 1.165) is 31.1 Å². The first kappa shape index (κ1) is 13.1. The molecular formula is C15H15F2N3. The number of likely N-dealkylation sites (tertiary alicyclic amines) is 1. The molecule has 0 bridgehead atoms. The maximum Gasteiger partial charge on any atom is 0.130 e. The second-order valence-corrected chi connectivity index (χ2v) is 4.99. The van der Waals surface area contributed by atoms with Crippen molar-refractivity contribution in [3.63, 3.8) is 0 Å². The van der Waals surface area contributed by atoms with E-state index in [1.54, 1.807) is 18.6 Å². The van der Waals surface area contributed by atoms with Crippen LogP contribution in [0.5, 0.6) is 0 Å². The summed E-state index contributed by atoms with van der Waals surface area (Å²) in [5.41, 5.74) is 1.43. The van der Waals surface area contributed by atoms with Gasteiger partial charge < -0.3 is 0 Å². The molecule has 20 heavy (non-hydrogen) atoms. The fraction of sp³-hybridized carbons (Fsp3) is 0.333. The van der Waals surface area contributed by atoms with E-state index in [0.29, 0.717) is 12.1 Å². The van der Waals surface area contributed by atoms with E-state index in [9.17, 15) is 8.78 Å². The third-order valence-electron chi connectivity index (χ3n) is 3.68. The quantitative estimate of drug-likeness (QED) is 0.862. The van der Waals surface area contributed by atoms with Gasteiger partial charge in [0.1, 0.15) is 11.6 Å². The SMILES string of the molecule is Fc1ccc(CN2CCCC2c2cnccn2)c(F)c1. The minimum Gasteiger partial charge on any atom is -0.290 e. The van der Waals surface area contributed by atoms with E-state index in [1.807, 2.05) is 0 Å². The number of hydrogen-bond acceptors (Lipinski definition) is 3. The van der Waals surface area contributed by atoms with Crippen molar-refractivity contribution in [1.29, 1.82) is 0 Å². The second-order valence-electron chi connectivity index (χ2n) is 4.99. The molecule has 0 saturated carbocycles. The van der Waals surface area contributed by atoms with Crippen LogP contribution in [0.25, 0.3) is 0 Å². The smallest absolute Gasteiger partial charge is 0.130 e.